The molecule has 1 unspecified atom stereocenters. The molecule has 1 aliphatic carbocycles. The van der Waals surface area contributed by atoms with Gasteiger partial charge in [-0.2, -0.15) is 5.26 Å². The summed E-state index contributed by atoms with van der Waals surface area (Å²) < 4.78 is 0. The van der Waals surface area contributed by atoms with E-state index in [-0.39, 0.29) is 6.03 Å². The van der Waals surface area contributed by atoms with Gasteiger partial charge in [0.25, 0.3) is 0 Å². The van der Waals surface area contributed by atoms with E-state index in [0.29, 0.717) is 24.9 Å². The molecule has 1 saturated heterocycles. The van der Waals surface area contributed by atoms with E-state index >= 15 is 0 Å². The number of thiazole rings is 1. The van der Waals surface area contributed by atoms with Crippen LogP contribution in [0.3, 0.4) is 0 Å². The Morgan fingerprint density at radius 3 is 2.88 bits per heavy atom. The standard InChI is InChI=1S/C20H22N4OS/c21-10-4-5-15-8-9-17(13-15)23-11-12-24(20(23)25)19-22-18(14-26-19)16-6-2-1-3-7-16/h1-3,6-7,14-15,17H,4-5,8-9,11-13H2/t15?,17-/m1/s1. The number of amides is 2. The first-order chi connectivity index (χ1) is 12.8. The van der Waals surface area contributed by atoms with E-state index in [1.54, 1.807) is 0 Å². The molecule has 134 valence electrons. The zero-order chi connectivity index (χ0) is 17.9. The third kappa shape index (κ3) is 3.32. The number of carbonyl (C=O) groups is 1. The van der Waals surface area contributed by atoms with Gasteiger partial charge < -0.3 is 4.90 Å². The van der Waals surface area contributed by atoms with E-state index in [1.807, 2.05) is 45.5 Å². The van der Waals surface area contributed by atoms with Crippen molar-refractivity contribution in [3.8, 4) is 17.3 Å². The maximum Gasteiger partial charge on any atom is 0.326 e. The number of nitriles is 1. The highest BCUT2D eigenvalue weighted by atomic mass is 32.1. The van der Waals surface area contributed by atoms with Crippen molar-refractivity contribution in [2.75, 3.05) is 18.0 Å². The second-order valence-electron chi connectivity index (χ2n) is 7.04. The van der Waals surface area contributed by atoms with E-state index in [4.69, 9.17) is 10.2 Å². The Bertz CT molecular complexity index is 813. The second kappa shape index (κ2) is 7.46. The van der Waals surface area contributed by atoms with Gasteiger partial charge in [-0.3, -0.25) is 4.90 Å². The molecule has 26 heavy (non-hydrogen) atoms. The predicted molar refractivity (Wildman–Crippen MR) is 103 cm³/mol. The lowest BCUT2D eigenvalue weighted by atomic mass is 10.0. The van der Waals surface area contributed by atoms with Crippen LogP contribution in [0.4, 0.5) is 9.93 Å². The van der Waals surface area contributed by atoms with E-state index in [9.17, 15) is 4.79 Å². The van der Waals surface area contributed by atoms with E-state index in [1.165, 1.54) is 11.3 Å². The number of aromatic nitrogens is 1. The molecule has 0 radical (unpaired) electrons. The van der Waals surface area contributed by atoms with Gasteiger partial charge in [0.1, 0.15) is 0 Å². The van der Waals surface area contributed by atoms with Gasteiger partial charge >= 0.3 is 6.03 Å². The van der Waals surface area contributed by atoms with Crippen molar-refractivity contribution in [2.45, 2.75) is 38.1 Å². The minimum atomic E-state index is 0.0879. The number of benzene rings is 1. The van der Waals surface area contributed by atoms with E-state index in [0.717, 1.165) is 48.6 Å². The number of hydrogen-bond acceptors (Lipinski definition) is 4. The molecule has 2 fully saturated rings. The van der Waals surface area contributed by atoms with Crippen LogP contribution in [-0.4, -0.2) is 35.0 Å². The quantitative estimate of drug-likeness (QED) is 0.781. The Morgan fingerprint density at radius 2 is 2.08 bits per heavy atom. The number of nitrogens with zero attached hydrogens (tertiary/aromatic N) is 4. The van der Waals surface area contributed by atoms with Crippen LogP contribution < -0.4 is 4.90 Å². The first-order valence-corrected chi connectivity index (χ1v) is 10.1. The van der Waals surface area contributed by atoms with Crippen molar-refractivity contribution in [1.29, 1.82) is 5.26 Å². The van der Waals surface area contributed by atoms with Crippen molar-refractivity contribution < 1.29 is 4.79 Å². The Labute approximate surface area is 157 Å². The molecule has 1 aromatic heterocycles. The molecular weight excluding hydrogens is 344 g/mol. The van der Waals surface area contributed by atoms with Gasteiger partial charge in [-0.05, 0) is 31.6 Å². The van der Waals surface area contributed by atoms with Gasteiger partial charge in [-0.25, -0.2) is 9.78 Å². The van der Waals surface area contributed by atoms with Crippen LogP contribution in [0.15, 0.2) is 35.7 Å². The Balaban J connectivity index is 1.42. The molecule has 2 atom stereocenters. The summed E-state index contributed by atoms with van der Waals surface area (Å²) in [6, 6.07) is 12.7. The first-order valence-electron chi connectivity index (χ1n) is 9.22. The fraction of sp³-hybridized carbons (Fsp3) is 0.450. The van der Waals surface area contributed by atoms with Crippen LogP contribution in [0.25, 0.3) is 11.3 Å². The Morgan fingerprint density at radius 1 is 1.23 bits per heavy atom. The molecule has 1 saturated carbocycles. The lowest BCUT2D eigenvalue weighted by molar-refractivity contribution is 0.200. The summed E-state index contributed by atoms with van der Waals surface area (Å²) in [5.74, 6) is 0.589. The lowest BCUT2D eigenvalue weighted by Gasteiger charge is -2.24. The van der Waals surface area contributed by atoms with E-state index in [2.05, 4.69) is 6.07 Å². The number of hydrogen-bond donors (Lipinski definition) is 0. The molecule has 0 spiro atoms. The Kier molecular flexibility index (Phi) is 4.89. The minimum absolute atomic E-state index is 0.0879. The minimum Gasteiger partial charge on any atom is -0.320 e. The molecule has 4 rings (SSSR count). The number of urea groups is 1. The number of anilines is 1. The average molecular weight is 366 g/mol. The fourth-order valence-electron chi connectivity index (χ4n) is 4.06. The molecule has 0 bridgehead atoms. The molecule has 6 heteroatoms. The van der Waals surface area contributed by atoms with Crippen molar-refractivity contribution in [2.24, 2.45) is 5.92 Å². The summed E-state index contributed by atoms with van der Waals surface area (Å²) in [6.07, 6.45) is 4.81. The second-order valence-corrected chi connectivity index (χ2v) is 7.88. The van der Waals surface area contributed by atoms with Crippen molar-refractivity contribution in [3.05, 3.63) is 35.7 Å². The first kappa shape index (κ1) is 17.0. The molecular formula is C20H22N4OS. The van der Waals surface area contributed by atoms with Crippen LogP contribution in [0.5, 0.6) is 0 Å². The summed E-state index contributed by atoms with van der Waals surface area (Å²) >= 11 is 1.53. The van der Waals surface area contributed by atoms with Crippen molar-refractivity contribution in [1.82, 2.24) is 9.88 Å². The summed E-state index contributed by atoms with van der Waals surface area (Å²) in [7, 11) is 0. The van der Waals surface area contributed by atoms with Gasteiger partial charge in [0.2, 0.25) is 0 Å². The highest BCUT2D eigenvalue weighted by Crippen LogP contribution is 2.36. The normalized spacial score (nSPS) is 22.8. The molecule has 0 N–H and O–H groups in total. The zero-order valence-electron chi connectivity index (χ0n) is 14.7. The summed E-state index contributed by atoms with van der Waals surface area (Å²) in [5, 5.41) is 11.6. The van der Waals surface area contributed by atoms with Crippen LogP contribution in [-0.2, 0) is 0 Å². The van der Waals surface area contributed by atoms with Crippen LogP contribution >= 0.6 is 11.3 Å². The van der Waals surface area contributed by atoms with Gasteiger partial charge in [0, 0.05) is 36.5 Å². The third-order valence-corrected chi connectivity index (χ3v) is 6.32. The van der Waals surface area contributed by atoms with Gasteiger partial charge in [0.05, 0.1) is 11.8 Å². The average Bonchev–Trinajstić information content (AvgIpc) is 3.40. The topological polar surface area (TPSA) is 60.2 Å². The molecule has 1 aliphatic heterocycles. The summed E-state index contributed by atoms with van der Waals surface area (Å²) in [4.78, 5) is 21.5. The molecule has 2 amide bonds. The Hall–Kier alpha value is -2.39. The molecule has 2 aromatic rings. The molecule has 2 aliphatic rings. The fourth-order valence-corrected chi connectivity index (χ4v) is 4.92. The monoisotopic (exact) mass is 366 g/mol. The van der Waals surface area contributed by atoms with Crippen LogP contribution in [0.1, 0.15) is 32.1 Å². The van der Waals surface area contributed by atoms with Crippen molar-refractivity contribution in [3.63, 3.8) is 0 Å². The largest absolute Gasteiger partial charge is 0.326 e. The predicted octanol–water partition coefficient (Wildman–Crippen LogP) is 4.52. The van der Waals surface area contributed by atoms with Crippen molar-refractivity contribution >= 4 is 22.5 Å². The third-order valence-electron chi connectivity index (χ3n) is 5.45. The van der Waals surface area contributed by atoms with Gasteiger partial charge in [0.15, 0.2) is 5.13 Å². The lowest BCUT2D eigenvalue weighted by Crippen LogP contribution is -2.38. The molecule has 5 nitrogen and oxygen atoms in total. The zero-order valence-corrected chi connectivity index (χ0v) is 15.5. The number of carbonyl (C=O) groups excluding carboxylic acids is 1. The van der Waals surface area contributed by atoms with Crippen LogP contribution in [0.2, 0.25) is 0 Å². The van der Waals surface area contributed by atoms with E-state index < -0.39 is 0 Å². The smallest absolute Gasteiger partial charge is 0.320 e. The number of rotatable bonds is 5. The maximum absolute atomic E-state index is 12.9. The highest BCUT2D eigenvalue weighted by molar-refractivity contribution is 7.14. The molecule has 2 heterocycles. The van der Waals surface area contributed by atoms with Crippen LogP contribution in [0, 0.1) is 17.2 Å². The molecule has 1 aromatic carbocycles. The summed E-state index contributed by atoms with van der Waals surface area (Å²) in [6.45, 7) is 1.48. The van der Waals surface area contributed by atoms with Gasteiger partial charge in [-0.15, -0.1) is 11.3 Å². The highest BCUT2D eigenvalue weighted by Gasteiger charge is 2.38. The summed E-state index contributed by atoms with van der Waals surface area (Å²) in [5.41, 5.74) is 2.00. The maximum atomic E-state index is 12.9. The van der Waals surface area contributed by atoms with Gasteiger partial charge in [-0.1, -0.05) is 30.3 Å². The SMILES string of the molecule is N#CCCC1CC[C@@H](N2CCN(c3nc(-c4ccccc4)cs3)C2=O)C1.